The maximum atomic E-state index is 12.3. The maximum absolute atomic E-state index is 12.3. The van der Waals surface area contributed by atoms with E-state index in [-0.39, 0.29) is 0 Å². The molecule has 11 heavy (non-hydrogen) atoms. The summed E-state index contributed by atoms with van der Waals surface area (Å²) in [6, 6.07) is 0. The molecule has 0 saturated heterocycles. The summed E-state index contributed by atoms with van der Waals surface area (Å²) in [6.45, 7) is 1.96. The number of ether oxygens (including phenoxy) is 1. The highest BCUT2D eigenvalue weighted by atomic mass is 19.3. The largest absolute Gasteiger partial charge is 0.387 e. The van der Waals surface area contributed by atoms with E-state index >= 15 is 0 Å². The van der Waals surface area contributed by atoms with Gasteiger partial charge < -0.3 is 4.74 Å². The molecule has 0 saturated carbocycles. The van der Waals surface area contributed by atoms with Gasteiger partial charge in [-0.3, -0.25) is 0 Å². The molecular weight excluding hydrogens is 157 g/mol. The monoisotopic (exact) mass is 166 g/mol. The van der Waals surface area contributed by atoms with E-state index in [0.717, 1.165) is 0 Å². The van der Waals surface area contributed by atoms with E-state index in [1.54, 1.807) is 0 Å². The van der Waals surface area contributed by atoms with Crippen LogP contribution in [0.1, 0.15) is 13.8 Å². The van der Waals surface area contributed by atoms with Crippen molar-refractivity contribution in [2.24, 2.45) is 0 Å². The van der Waals surface area contributed by atoms with Crippen LogP contribution in [0, 0.1) is 12.3 Å². The Bertz CT molecular complexity index is 160. The molecule has 0 N–H and O–H groups in total. The first-order chi connectivity index (χ1) is 4.90. The number of hydrogen-bond donors (Lipinski definition) is 0. The summed E-state index contributed by atoms with van der Waals surface area (Å²) in [5.74, 6) is 1.91. The first kappa shape index (κ1) is 10.3. The molecule has 2 unspecified atom stereocenters. The minimum Gasteiger partial charge on any atom is -0.302 e. The van der Waals surface area contributed by atoms with E-state index < -0.39 is 18.4 Å². The Morgan fingerprint density at radius 2 is 1.91 bits per heavy atom. The second-order valence-corrected chi connectivity index (χ2v) is 2.10. The first-order valence-electron chi connectivity index (χ1n) is 3.06. The topological polar surface area (TPSA) is 9.23 Å². The third-order valence-electron chi connectivity index (χ3n) is 1.03. The third kappa shape index (κ3) is 3.28. The second-order valence-electron chi connectivity index (χ2n) is 2.10. The molecule has 0 rings (SSSR count). The Balaban J connectivity index is 4.04. The second kappa shape index (κ2) is 3.63. The maximum Gasteiger partial charge on any atom is 0.387 e. The number of halogens is 3. The SMILES string of the molecule is C#CC(C)OC(F)(F)C(C)F. The number of terminal acetylenes is 1. The van der Waals surface area contributed by atoms with Gasteiger partial charge in [0.25, 0.3) is 0 Å². The predicted molar refractivity (Wildman–Crippen MR) is 34.9 cm³/mol. The molecule has 64 valence electrons. The van der Waals surface area contributed by atoms with Crippen LogP contribution in [-0.4, -0.2) is 18.4 Å². The quantitative estimate of drug-likeness (QED) is 0.582. The molecule has 0 amide bonds. The molecule has 0 fully saturated rings. The summed E-state index contributed by atoms with van der Waals surface area (Å²) in [6.07, 6.45) is -2.47. The fourth-order valence-electron chi connectivity index (χ4n) is 0.363. The van der Waals surface area contributed by atoms with Crippen LogP contribution < -0.4 is 0 Å². The Morgan fingerprint density at radius 3 is 2.18 bits per heavy atom. The Hall–Kier alpha value is -0.690. The summed E-state index contributed by atoms with van der Waals surface area (Å²) < 4.78 is 40.5. The average molecular weight is 166 g/mol. The van der Waals surface area contributed by atoms with Crippen LogP contribution >= 0.6 is 0 Å². The van der Waals surface area contributed by atoms with Crippen LogP contribution in [0.2, 0.25) is 0 Å². The van der Waals surface area contributed by atoms with Gasteiger partial charge in [-0.15, -0.1) is 6.42 Å². The van der Waals surface area contributed by atoms with Crippen molar-refractivity contribution in [2.45, 2.75) is 32.2 Å². The minimum atomic E-state index is -3.79. The lowest BCUT2D eigenvalue weighted by molar-refractivity contribution is -0.279. The standard InChI is InChI=1S/C7H9F3O/c1-4-5(2)11-7(9,10)6(3)8/h1,5-6H,2-3H3. The summed E-state index contributed by atoms with van der Waals surface area (Å²) in [5, 5.41) is 0. The Morgan fingerprint density at radius 1 is 1.45 bits per heavy atom. The molecule has 0 aliphatic carbocycles. The molecule has 0 aliphatic heterocycles. The molecule has 0 bridgehead atoms. The van der Waals surface area contributed by atoms with E-state index in [1.165, 1.54) is 6.92 Å². The zero-order chi connectivity index (χ0) is 9.07. The van der Waals surface area contributed by atoms with Gasteiger partial charge in [-0.2, -0.15) is 8.78 Å². The molecule has 4 heteroatoms. The lowest BCUT2D eigenvalue weighted by Crippen LogP contribution is -2.34. The molecule has 0 heterocycles. The number of rotatable bonds is 3. The van der Waals surface area contributed by atoms with Gasteiger partial charge in [0.1, 0.15) is 6.10 Å². The molecule has 0 radical (unpaired) electrons. The highest BCUT2D eigenvalue weighted by molar-refractivity contribution is 4.92. The lowest BCUT2D eigenvalue weighted by atomic mass is 10.4. The van der Waals surface area contributed by atoms with Gasteiger partial charge in [-0.1, -0.05) is 5.92 Å². The van der Waals surface area contributed by atoms with Crippen LogP contribution in [0.3, 0.4) is 0 Å². The molecule has 1 nitrogen and oxygen atoms in total. The van der Waals surface area contributed by atoms with E-state index in [9.17, 15) is 13.2 Å². The van der Waals surface area contributed by atoms with Crippen molar-refractivity contribution in [1.82, 2.24) is 0 Å². The van der Waals surface area contributed by atoms with Crippen molar-refractivity contribution in [2.75, 3.05) is 0 Å². The molecule has 0 aliphatic rings. The van der Waals surface area contributed by atoms with Gasteiger partial charge in [-0.05, 0) is 13.8 Å². The predicted octanol–water partition coefficient (Wildman–Crippen LogP) is 1.98. The average Bonchev–Trinajstić information content (AvgIpc) is 1.86. The molecular formula is C7H9F3O. The summed E-state index contributed by atoms with van der Waals surface area (Å²) in [7, 11) is 0. The zero-order valence-electron chi connectivity index (χ0n) is 6.27. The van der Waals surface area contributed by atoms with E-state index in [2.05, 4.69) is 4.74 Å². The van der Waals surface area contributed by atoms with Crippen molar-refractivity contribution in [1.29, 1.82) is 0 Å². The normalized spacial score (nSPS) is 17.1. The van der Waals surface area contributed by atoms with Gasteiger partial charge >= 0.3 is 6.11 Å². The lowest BCUT2D eigenvalue weighted by Gasteiger charge is -2.19. The van der Waals surface area contributed by atoms with E-state index in [0.29, 0.717) is 6.92 Å². The Kier molecular flexibility index (Phi) is 3.40. The van der Waals surface area contributed by atoms with Crippen molar-refractivity contribution >= 4 is 0 Å². The van der Waals surface area contributed by atoms with E-state index in [4.69, 9.17) is 6.42 Å². The van der Waals surface area contributed by atoms with Crippen LogP contribution in [-0.2, 0) is 4.74 Å². The third-order valence-corrected chi connectivity index (χ3v) is 1.03. The Labute approximate surface area is 63.5 Å². The van der Waals surface area contributed by atoms with Crippen molar-refractivity contribution in [3.8, 4) is 12.3 Å². The van der Waals surface area contributed by atoms with Crippen LogP contribution in [0.15, 0.2) is 0 Å². The fourth-order valence-corrected chi connectivity index (χ4v) is 0.363. The molecule has 0 aromatic heterocycles. The molecule has 0 aromatic rings. The summed E-state index contributed by atoms with van der Waals surface area (Å²) in [5.41, 5.74) is 0. The van der Waals surface area contributed by atoms with Gasteiger partial charge in [-0.25, -0.2) is 4.39 Å². The number of alkyl halides is 3. The van der Waals surface area contributed by atoms with Gasteiger partial charge in [0.2, 0.25) is 0 Å². The highest BCUT2D eigenvalue weighted by Gasteiger charge is 2.39. The van der Waals surface area contributed by atoms with Crippen LogP contribution in [0.4, 0.5) is 13.2 Å². The van der Waals surface area contributed by atoms with Gasteiger partial charge in [0.05, 0.1) is 0 Å². The highest BCUT2D eigenvalue weighted by Crippen LogP contribution is 2.24. The van der Waals surface area contributed by atoms with Crippen LogP contribution in [0.5, 0.6) is 0 Å². The first-order valence-corrected chi connectivity index (χ1v) is 3.06. The van der Waals surface area contributed by atoms with Crippen molar-refractivity contribution in [3.05, 3.63) is 0 Å². The molecule has 0 aromatic carbocycles. The van der Waals surface area contributed by atoms with Crippen molar-refractivity contribution in [3.63, 3.8) is 0 Å². The van der Waals surface area contributed by atoms with Crippen LogP contribution in [0.25, 0.3) is 0 Å². The zero-order valence-corrected chi connectivity index (χ0v) is 6.27. The molecule has 0 spiro atoms. The van der Waals surface area contributed by atoms with Crippen molar-refractivity contribution < 1.29 is 17.9 Å². The van der Waals surface area contributed by atoms with E-state index in [1.807, 2.05) is 5.92 Å². The van der Waals surface area contributed by atoms with Gasteiger partial charge in [0.15, 0.2) is 6.17 Å². The minimum absolute atomic E-state index is 0.712. The fraction of sp³-hybridized carbons (Fsp3) is 0.714. The smallest absolute Gasteiger partial charge is 0.302 e. The summed E-state index contributed by atoms with van der Waals surface area (Å²) >= 11 is 0. The summed E-state index contributed by atoms with van der Waals surface area (Å²) in [4.78, 5) is 0. The number of hydrogen-bond acceptors (Lipinski definition) is 1. The molecule has 2 atom stereocenters. The van der Waals surface area contributed by atoms with Gasteiger partial charge in [0, 0.05) is 0 Å².